The molecular formula is C30H55N5O. The van der Waals surface area contributed by atoms with Crippen LogP contribution in [-0.2, 0) is 4.74 Å². The Hall–Kier alpha value is -0.240. The van der Waals surface area contributed by atoms with Gasteiger partial charge in [-0.3, -0.25) is 9.80 Å². The lowest BCUT2D eigenvalue weighted by atomic mass is 9.62. The summed E-state index contributed by atoms with van der Waals surface area (Å²) < 4.78 is 6.07. The summed E-state index contributed by atoms with van der Waals surface area (Å²) in [5, 5.41) is 0. The molecule has 0 aromatic carbocycles. The zero-order valence-corrected chi connectivity index (χ0v) is 24.1. The molecule has 6 aliphatic rings. The van der Waals surface area contributed by atoms with Gasteiger partial charge in [0.25, 0.3) is 0 Å². The SMILES string of the molecule is CC(C)[C@H]1C[C@]2(COCCN2CC2CCN(C)C([C@@]34C[C@@H](CN(C)C3)N(C3CCN(C)CC3)C4)C2)C1. The van der Waals surface area contributed by atoms with Gasteiger partial charge in [-0.2, -0.15) is 0 Å². The quantitative estimate of drug-likeness (QED) is 0.575. The van der Waals surface area contributed by atoms with Crippen LogP contribution in [0, 0.1) is 23.2 Å². The molecule has 1 aliphatic carbocycles. The number of likely N-dealkylation sites (N-methyl/N-ethyl adjacent to an activating group) is 1. The fourth-order valence-electron chi connectivity index (χ4n) is 9.65. The van der Waals surface area contributed by atoms with Gasteiger partial charge in [-0.15, -0.1) is 0 Å². The minimum absolute atomic E-state index is 0.360. The lowest BCUT2D eigenvalue weighted by Gasteiger charge is -2.59. The van der Waals surface area contributed by atoms with E-state index in [4.69, 9.17) is 4.74 Å². The van der Waals surface area contributed by atoms with E-state index in [-0.39, 0.29) is 0 Å². The zero-order chi connectivity index (χ0) is 25.1. The van der Waals surface area contributed by atoms with E-state index in [9.17, 15) is 0 Å². The first-order valence-corrected chi connectivity index (χ1v) is 15.4. The first-order chi connectivity index (χ1) is 17.3. The van der Waals surface area contributed by atoms with Gasteiger partial charge < -0.3 is 19.4 Å². The number of ether oxygens (including phenoxy) is 1. The van der Waals surface area contributed by atoms with Crippen LogP contribution in [0.3, 0.4) is 0 Å². The number of likely N-dealkylation sites (tertiary alicyclic amines) is 4. The van der Waals surface area contributed by atoms with E-state index in [0.717, 1.165) is 55.6 Å². The van der Waals surface area contributed by atoms with Gasteiger partial charge in [-0.25, -0.2) is 0 Å². The molecule has 0 aromatic rings. The molecule has 5 saturated heterocycles. The summed E-state index contributed by atoms with van der Waals surface area (Å²) >= 11 is 0. The van der Waals surface area contributed by atoms with Crippen molar-refractivity contribution >= 4 is 0 Å². The monoisotopic (exact) mass is 501 g/mol. The third-order valence-corrected chi connectivity index (χ3v) is 11.8. The molecule has 2 unspecified atom stereocenters. The Balaban J connectivity index is 1.15. The average molecular weight is 502 g/mol. The van der Waals surface area contributed by atoms with Gasteiger partial charge in [-0.05, 0) is 103 Å². The number of nitrogens with zero attached hydrogens (tertiary/aromatic N) is 5. The van der Waals surface area contributed by atoms with Crippen LogP contribution in [0.5, 0.6) is 0 Å². The lowest BCUT2D eigenvalue weighted by molar-refractivity contribution is -0.143. The summed E-state index contributed by atoms with van der Waals surface area (Å²) in [6.45, 7) is 17.0. The first kappa shape index (κ1) is 26.0. The summed E-state index contributed by atoms with van der Waals surface area (Å²) in [7, 11) is 7.15. The number of morpholine rings is 1. The Morgan fingerprint density at radius 2 is 1.64 bits per heavy atom. The van der Waals surface area contributed by atoms with Gasteiger partial charge in [0, 0.05) is 61.8 Å². The third kappa shape index (κ3) is 4.70. The van der Waals surface area contributed by atoms with E-state index in [1.807, 2.05) is 0 Å². The molecule has 0 amide bonds. The van der Waals surface area contributed by atoms with Crippen molar-refractivity contribution < 1.29 is 4.74 Å². The number of piperidine rings is 3. The van der Waals surface area contributed by atoms with Gasteiger partial charge >= 0.3 is 0 Å². The third-order valence-electron chi connectivity index (χ3n) is 11.8. The summed E-state index contributed by atoms with van der Waals surface area (Å²) in [5.74, 6) is 2.56. The van der Waals surface area contributed by atoms with Crippen molar-refractivity contribution in [3.8, 4) is 0 Å². The van der Waals surface area contributed by atoms with Crippen LogP contribution < -0.4 is 0 Å². The topological polar surface area (TPSA) is 25.4 Å². The maximum Gasteiger partial charge on any atom is 0.0651 e. The largest absolute Gasteiger partial charge is 0.378 e. The number of rotatable bonds is 5. The average Bonchev–Trinajstić information content (AvgIpc) is 3.10. The standard InChI is InChI=1S/C30H55N5O/c1-23(2)25-15-30(16-25)22-36-13-12-34(30)18-24-6-11-33(5)28(14-24)29-17-27(19-32(4)20-29)35(21-29)26-7-9-31(3)10-8-26/h23-28H,6-22H2,1-5H3/t24?,25-,27-,28?,29-,30+/m0/s1. The predicted molar refractivity (Wildman–Crippen MR) is 147 cm³/mol. The van der Waals surface area contributed by atoms with Gasteiger partial charge in [0.2, 0.25) is 0 Å². The van der Waals surface area contributed by atoms with E-state index in [1.165, 1.54) is 90.8 Å². The van der Waals surface area contributed by atoms with E-state index in [1.54, 1.807) is 0 Å². The second kappa shape index (κ2) is 10.1. The van der Waals surface area contributed by atoms with Crippen LogP contribution >= 0.6 is 0 Å². The summed E-state index contributed by atoms with van der Waals surface area (Å²) in [4.78, 5) is 13.9. The smallest absolute Gasteiger partial charge is 0.0651 e. The van der Waals surface area contributed by atoms with Crippen molar-refractivity contribution in [2.45, 2.75) is 82.5 Å². The molecule has 1 spiro atoms. The molecule has 5 aliphatic heterocycles. The minimum Gasteiger partial charge on any atom is -0.378 e. The van der Waals surface area contributed by atoms with Crippen LogP contribution in [0.1, 0.15) is 58.8 Å². The highest BCUT2D eigenvalue weighted by Gasteiger charge is 2.56. The molecular weight excluding hydrogens is 446 g/mol. The van der Waals surface area contributed by atoms with Crippen LogP contribution in [-0.4, -0.2) is 135 Å². The van der Waals surface area contributed by atoms with Gasteiger partial charge in [-0.1, -0.05) is 13.8 Å². The molecule has 0 aromatic heterocycles. The van der Waals surface area contributed by atoms with Crippen molar-refractivity contribution in [2.75, 3.05) is 86.7 Å². The molecule has 2 bridgehead atoms. The molecule has 36 heavy (non-hydrogen) atoms. The fraction of sp³-hybridized carbons (Fsp3) is 1.00. The maximum absolute atomic E-state index is 6.07. The Morgan fingerprint density at radius 3 is 2.39 bits per heavy atom. The normalized spacial score (nSPS) is 44.5. The Labute approximate surface area is 221 Å². The fourth-order valence-corrected chi connectivity index (χ4v) is 9.65. The van der Waals surface area contributed by atoms with Crippen molar-refractivity contribution in [1.29, 1.82) is 0 Å². The van der Waals surface area contributed by atoms with Crippen molar-refractivity contribution in [2.24, 2.45) is 23.2 Å². The summed E-state index contributed by atoms with van der Waals surface area (Å²) in [5.41, 5.74) is 0.815. The number of fused-ring (bicyclic) bond motifs is 2. The molecule has 6 rings (SSSR count). The van der Waals surface area contributed by atoms with Gasteiger partial charge in [0.1, 0.15) is 0 Å². The van der Waals surface area contributed by atoms with Crippen molar-refractivity contribution in [3.63, 3.8) is 0 Å². The first-order valence-electron chi connectivity index (χ1n) is 15.4. The van der Waals surface area contributed by atoms with Gasteiger partial charge in [0.15, 0.2) is 0 Å². The molecule has 1 saturated carbocycles. The summed E-state index contributed by atoms with van der Waals surface area (Å²) in [6, 6.07) is 2.32. The molecule has 6 heteroatoms. The maximum atomic E-state index is 6.07. The Kier molecular flexibility index (Phi) is 7.27. The van der Waals surface area contributed by atoms with Crippen molar-refractivity contribution in [1.82, 2.24) is 24.5 Å². The Bertz CT molecular complexity index is 762. The number of hydrogen-bond donors (Lipinski definition) is 0. The molecule has 0 N–H and O–H groups in total. The van der Waals surface area contributed by atoms with Crippen molar-refractivity contribution in [3.05, 3.63) is 0 Å². The lowest BCUT2D eigenvalue weighted by Crippen LogP contribution is -2.65. The van der Waals surface area contributed by atoms with Crippen LogP contribution in [0.4, 0.5) is 0 Å². The molecule has 5 heterocycles. The highest BCUT2D eigenvalue weighted by Crippen LogP contribution is 2.50. The molecule has 206 valence electrons. The van der Waals surface area contributed by atoms with Gasteiger partial charge in [0.05, 0.1) is 13.2 Å². The molecule has 0 radical (unpaired) electrons. The van der Waals surface area contributed by atoms with Crippen LogP contribution in [0.25, 0.3) is 0 Å². The molecule has 4 atom stereocenters. The second-order valence-electron chi connectivity index (χ2n) is 14.6. The molecule has 6 nitrogen and oxygen atoms in total. The highest BCUT2D eigenvalue weighted by atomic mass is 16.5. The van der Waals surface area contributed by atoms with E-state index in [0.29, 0.717) is 11.0 Å². The zero-order valence-electron chi connectivity index (χ0n) is 24.1. The van der Waals surface area contributed by atoms with Crippen LogP contribution in [0.15, 0.2) is 0 Å². The van der Waals surface area contributed by atoms with E-state index < -0.39 is 0 Å². The highest BCUT2D eigenvalue weighted by molar-refractivity contribution is 5.11. The van der Waals surface area contributed by atoms with E-state index in [2.05, 4.69) is 59.5 Å². The second-order valence-corrected chi connectivity index (χ2v) is 14.6. The Morgan fingerprint density at radius 1 is 0.861 bits per heavy atom. The molecule has 6 fully saturated rings. The number of hydrogen-bond acceptors (Lipinski definition) is 6. The minimum atomic E-state index is 0.360. The summed E-state index contributed by atoms with van der Waals surface area (Å²) in [6.07, 6.45) is 9.68. The van der Waals surface area contributed by atoms with Crippen LogP contribution in [0.2, 0.25) is 0 Å². The predicted octanol–water partition coefficient (Wildman–Crippen LogP) is 2.93. The van der Waals surface area contributed by atoms with E-state index >= 15 is 0 Å².